The van der Waals surface area contributed by atoms with Gasteiger partial charge in [0.2, 0.25) is 0 Å². The third kappa shape index (κ3) is 5.43. The molecule has 3 rings (SSSR count). The molecule has 0 radical (unpaired) electrons. The number of rotatable bonds is 6. The van der Waals surface area contributed by atoms with Crippen LogP contribution in [0.4, 0.5) is 0 Å². The number of β-amino-alcohol motifs (C(OH)–C–C–N with tert-alkyl or cyclic N) is 1. The van der Waals surface area contributed by atoms with Gasteiger partial charge in [-0.3, -0.25) is 4.90 Å². The lowest BCUT2D eigenvalue weighted by Gasteiger charge is -2.34. The van der Waals surface area contributed by atoms with E-state index in [1.165, 1.54) is 0 Å². The van der Waals surface area contributed by atoms with Crippen molar-refractivity contribution in [2.45, 2.75) is 12.2 Å². The van der Waals surface area contributed by atoms with Crippen LogP contribution in [0.15, 0.2) is 53.0 Å². The first-order valence-electron chi connectivity index (χ1n) is 8.26. The van der Waals surface area contributed by atoms with E-state index in [2.05, 4.69) is 33.0 Å². The van der Waals surface area contributed by atoms with Crippen molar-refractivity contribution in [3.63, 3.8) is 0 Å². The Balaban J connectivity index is 1.50. The molecule has 2 unspecified atom stereocenters. The summed E-state index contributed by atoms with van der Waals surface area (Å²) in [5.74, 6) is 0.595. The Bertz CT molecular complexity index is 683. The molecule has 1 fully saturated rings. The van der Waals surface area contributed by atoms with Gasteiger partial charge in [-0.05, 0) is 29.8 Å². The molecular formula is C19H21BrClNO3. The summed E-state index contributed by atoms with van der Waals surface area (Å²) in [4.78, 5) is 2.21. The van der Waals surface area contributed by atoms with Crippen LogP contribution in [0.1, 0.15) is 11.7 Å². The van der Waals surface area contributed by atoms with Crippen molar-refractivity contribution in [3.8, 4) is 5.75 Å². The van der Waals surface area contributed by atoms with Crippen molar-refractivity contribution < 1.29 is 14.6 Å². The van der Waals surface area contributed by atoms with E-state index >= 15 is 0 Å². The van der Waals surface area contributed by atoms with Gasteiger partial charge in [0.1, 0.15) is 18.5 Å². The van der Waals surface area contributed by atoms with Crippen molar-refractivity contribution in [2.75, 3.05) is 32.8 Å². The van der Waals surface area contributed by atoms with Crippen LogP contribution in [0, 0.1) is 0 Å². The van der Waals surface area contributed by atoms with E-state index in [1.807, 2.05) is 24.3 Å². The molecule has 2 atom stereocenters. The monoisotopic (exact) mass is 425 g/mol. The number of aliphatic hydroxyl groups is 1. The fourth-order valence-corrected chi connectivity index (χ4v) is 3.30. The predicted octanol–water partition coefficient (Wildman–Crippen LogP) is 3.92. The van der Waals surface area contributed by atoms with E-state index in [0.29, 0.717) is 23.9 Å². The molecule has 0 amide bonds. The first kappa shape index (κ1) is 18.7. The Kier molecular flexibility index (Phi) is 6.73. The molecule has 1 N–H and O–H groups in total. The SMILES string of the molecule is OC(COc1ccccc1Cl)CN1CCOC(c2ccc(Br)cc2)C1. The van der Waals surface area contributed by atoms with E-state index < -0.39 is 6.10 Å². The highest BCUT2D eigenvalue weighted by Crippen LogP contribution is 2.25. The number of morpholine rings is 1. The molecule has 2 aromatic carbocycles. The van der Waals surface area contributed by atoms with Gasteiger partial charge in [0.25, 0.3) is 0 Å². The minimum atomic E-state index is -0.583. The molecule has 1 aliphatic heterocycles. The first-order chi connectivity index (χ1) is 12.1. The van der Waals surface area contributed by atoms with E-state index in [4.69, 9.17) is 21.1 Å². The molecule has 0 aliphatic carbocycles. The number of benzene rings is 2. The average Bonchev–Trinajstić information content (AvgIpc) is 2.62. The van der Waals surface area contributed by atoms with Crippen molar-refractivity contribution in [1.29, 1.82) is 0 Å². The number of nitrogens with zero attached hydrogens (tertiary/aromatic N) is 1. The molecule has 1 saturated heterocycles. The first-order valence-corrected chi connectivity index (χ1v) is 9.44. The van der Waals surface area contributed by atoms with E-state index in [9.17, 15) is 5.11 Å². The summed E-state index contributed by atoms with van der Waals surface area (Å²) < 4.78 is 12.5. The smallest absolute Gasteiger partial charge is 0.138 e. The van der Waals surface area contributed by atoms with Crippen LogP contribution < -0.4 is 4.74 Å². The summed E-state index contributed by atoms with van der Waals surface area (Å²) in [6, 6.07) is 15.4. The second-order valence-corrected chi connectivity index (χ2v) is 7.39. The van der Waals surface area contributed by atoms with Gasteiger partial charge in [0, 0.05) is 24.1 Å². The maximum atomic E-state index is 10.3. The molecule has 0 bridgehead atoms. The third-order valence-electron chi connectivity index (χ3n) is 4.13. The average molecular weight is 427 g/mol. The summed E-state index contributed by atoms with van der Waals surface area (Å²) in [5.41, 5.74) is 1.15. The van der Waals surface area contributed by atoms with Crippen molar-refractivity contribution in [3.05, 3.63) is 63.6 Å². The van der Waals surface area contributed by atoms with Gasteiger partial charge >= 0.3 is 0 Å². The molecule has 2 aromatic rings. The summed E-state index contributed by atoms with van der Waals surface area (Å²) in [7, 11) is 0. The number of hydrogen-bond donors (Lipinski definition) is 1. The molecular weight excluding hydrogens is 406 g/mol. The van der Waals surface area contributed by atoms with Crippen LogP contribution >= 0.6 is 27.5 Å². The predicted molar refractivity (Wildman–Crippen MR) is 102 cm³/mol. The lowest BCUT2D eigenvalue weighted by Crippen LogP contribution is -2.43. The Morgan fingerprint density at radius 1 is 1.24 bits per heavy atom. The van der Waals surface area contributed by atoms with Crippen molar-refractivity contribution in [1.82, 2.24) is 4.90 Å². The van der Waals surface area contributed by atoms with Gasteiger partial charge in [-0.15, -0.1) is 0 Å². The summed E-state index contributed by atoms with van der Waals surface area (Å²) in [5, 5.41) is 10.8. The number of halogens is 2. The Morgan fingerprint density at radius 3 is 2.76 bits per heavy atom. The molecule has 1 aliphatic rings. The van der Waals surface area contributed by atoms with Gasteiger partial charge in [-0.1, -0.05) is 51.8 Å². The second-order valence-electron chi connectivity index (χ2n) is 6.07. The highest BCUT2D eigenvalue weighted by Gasteiger charge is 2.23. The lowest BCUT2D eigenvalue weighted by atomic mass is 10.1. The Hall–Kier alpha value is -1.11. The maximum Gasteiger partial charge on any atom is 0.138 e. The Morgan fingerprint density at radius 2 is 2.00 bits per heavy atom. The van der Waals surface area contributed by atoms with Crippen LogP contribution in [-0.2, 0) is 4.74 Å². The Labute approximate surface area is 161 Å². The summed E-state index contributed by atoms with van der Waals surface area (Å²) >= 11 is 9.51. The highest BCUT2D eigenvalue weighted by atomic mass is 79.9. The van der Waals surface area contributed by atoms with Gasteiger partial charge in [0.15, 0.2) is 0 Å². The molecule has 1 heterocycles. The molecule has 25 heavy (non-hydrogen) atoms. The quantitative estimate of drug-likeness (QED) is 0.760. The van der Waals surface area contributed by atoms with Gasteiger partial charge in [0.05, 0.1) is 17.7 Å². The molecule has 134 valence electrons. The van der Waals surface area contributed by atoms with E-state index in [1.54, 1.807) is 12.1 Å². The fourth-order valence-electron chi connectivity index (χ4n) is 2.85. The zero-order chi connectivity index (χ0) is 17.6. The van der Waals surface area contributed by atoms with Crippen molar-refractivity contribution >= 4 is 27.5 Å². The normalized spacial score (nSPS) is 19.6. The number of aliphatic hydroxyl groups excluding tert-OH is 1. The van der Waals surface area contributed by atoms with Crippen LogP contribution in [0.2, 0.25) is 5.02 Å². The minimum Gasteiger partial charge on any atom is -0.489 e. The summed E-state index contributed by atoms with van der Waals surface area (Å²) in [6.07, 6.45) is -0.557. The van der Waals surface area contributed by atoms with Crippen LogP contribution in [-0.4, -0.2) is 49.0 Å². The lowest BCUT2D eigenvalue weighted by molar-refractivity contribution is -0.0459. The zero-order valence-electron chi connectivity index (χ0n) is 13.8. The van der Waals surface area contributed by atoms with Gasteiger partial charge < -0.3 is 14.6 Å². The fraction of sp³-hybridized carbons (Fsp3) is 0.368. The highest BCUT2D eigenvalue weighted by molar-refractivity contribution is 9.10. The number of hydrogen-bond acceptors (Lipinski definition) is 4. The van der Waals surface area contributed by atoms with Crippen LogP contribution in [0.3, 0.4) is 0 Å². The topological polar surface area (TPSA) is 41.9 Å². The van der Waals surface area contributed by atoms with Gasteiger partial charge in [-0.2, -0.15) is 0 Å². The zero-order valence-corrected chi connectivity index (χ0v) is 16.1. The van der Waals surface area contributed by atoms with E-state index in [0.717, 1.165) is 23.1 Å². The number of ether oxygens (including phenoxy) is 2. The maximum absolute atomic E-state index is 10.3. The standard InChI is InChI=1S/C19H21BrClNO3/c20-15-7-5-14(6-8-15)19-12-22(9-10-24-19)11-16(23)13-25-18-4-2-1-3-17(18)21/h1-8,16,19,23H,9-13H2. The van der Waals surface area contributed by atoms with E-state index in [-0.39, 0.29) is 12.7 Å². The van der Waals surface area contributed by atoms with Crippen LogP contribution in [0.5, 0.6) is 5.75 Å². The molecule has 0 aromatic heterocycles. The van der Waals surface area contributed by atoms with Gasteiger partial charge in [-0.25, -0.2) is 0 Å². The largest absolute Gasteiger partial charge is 0.489 e. The third-order valence-corrected chi connectivity index (χ3v) is 4.97. The second kappa shape index (κ2) is 9.01. The molecule has 6 heteroatoms. The molecule has 0 spiro atoms. The van der Waals surface area contributed by atoms with Crippen LogP contribution in [0.25, 0.3) is 0 Å². The molecule has 0 saturated carbocycles. The molecule has 4 nitrogen and oxygen atoms in total. The number of para-hydroxylation sites is 1. The minimum absolute atomic E-state index is 0.0264. The van der Waals surface area contributed by atoms with Crippen molar-refractivity contribution in [2.24, 2.45) is 0 Å². The summed E-state index contributed by atoms with van der Waals surface area (Å²) in [6.45, 7) is 2.96.